The minimum absolute atomic E-state index is 0.0813. The van der Waals surface area contributed by atoms with E-state index in [1.807, 2.05) is 0 Å². The lowest BCUT2D eigenvalue weighted by molar-refractivity contribution is -0.130. The van der Waals surface area contributed by atoms with Crippen molar-refractivity contribution in [3.63, 3.8) is 0 Å². The Balaban J connectivity index is 2.22. The molecule has 0 saturated carbocycles. The molecule has 0 atom stereocenters. The van der Waals surface area contributed by atoms with E-state index in [1.165, 1.54) is 6.08 Å². The van der Waals surface area contributed by atoms with E-state index >= 15 is 0 Å². The molecule has 0 aromatic heterocycles. The van der Waals surface area contributed by atoms with Crippen LogP contribution in [0.1, 0.15) is 32.3 Å². The second-order valence-electron chi connectivity index (χ2n) is 5.83. The lowest BCUT2D eigenvalue weighted by atomic mass is 10.1. The number of carbonyl (C=O) groups is 3. The van der Waals surface area contributed by atoms with Crippen molar-refractivity contribution in [1.29, 1.82) is 0 Å². The maximum atomic E-state index is 12.5. The van der Waals surface area contributed by atoms with Crippen LogP contribution in [0.15, 0.2) is 29.8 Å². The molecule has 23 heavy (non-hydrogen) atoms. The van der Waals surface area contributed by atoms with Crippen LogP contribution in [0.3, 0.4) is 0 Å². The summed E-state index contributed by atoms with van der Waals surface area (Å²) in [5.74, 6) is -0.792. The first-order valence-electron chi connectivity index (χ1n) is 7.53. The lowest BCUT2D eigenvalue weighted by Gasteiger charge is -2.26. The first-order valence-corrected chi connectivity index (χ1v) is 7.91. The number of nitrogens with one attached hydrogen (secondary N) is 1. The van der Waals surface area contributed by atoms with Crippen molar-refractivity contribution in [2.75, 3.05) is 6.54 Å². The number of benzene rings is 1. The first kappa shape index (κ1) is 17.2. The highest BCUT2D eigenvalue weighted by Gasteiger charge is 2.35. The Morgan fingerprint density at radius 1 is 1.22 bits per heavy atom. The van der Waals surface area contributed by atoms with Gasteiger partial charge in [0.2, 0.25) is 0 Å². The van der Waals surface area contributed by atoms with Gasteiger partial charge in [0.05, 0.1) is 0 Å². The number of hydrogen-bond acceptors (Lipinski definition) is 3. The van der Waals surface area contributed by atoms with Crippen LogP contribution in [0.2, 0.25) is 5.02 Å². The topological polar surface area (TPSA) is 66.5 Å². The third kappa shape index (κ3) is 4.20. The van der Waals surface area contributed by atoms with Crippen LogP contribution in [-0.4, -0.2) is 29.3 Å². The van der Waals surface area contributed by atoms with E-state index < -0.39 is 17.8 Å². The van der Waals surface area contributed by atoms with Crippen LogP contribution in [0.5, 0.6) is 0 Å². The Labute approximate surface area is 140 Å². The fourth-order valence-corrected chi connectivity index (χ4v) is 2.49. The van der Waals surface area contributed by atoms with Gasteiger partial charge < -0.3 is 0 Å². The average Bonchev–Trinajstić information content (AvgIpc) is 2.48. The van der Waals surface area contributed by atoms with Gasteiger partial charge in [-0.3, -0.25) is 19.8 Å². The predicted molar refractivity (Wildman–Crippen MR) is 88.8 cm³/mol. The Kier molecular flexibility index (Phi) is 5.55. The van der Waals surface area contributed by atoms with Crippen LogP contribution in [0, 0.1) is 5.92 Å². The number of amides is 4. The van der Waals surface area contributed by atoms with Gasteiger partial charge in [-0.2, -0.15) is 0 Å². The molecular formula is C17H19ClN2O3. The molecule has 0 radical (unpaired) electrons. The van der Waals surface area contributed by atoms with Gasteiger partial charge in [0.25, 0.3) is 11.8 Å². The minimum Gasteiger partial charge on any atom is -0.273 e. The highest BCUT2D eigenvalue weighted by Crippen LogP contribution is 2.21. The standard InChI is InChI=1S/C17H19ClN2O3/c1-11(2)6-5-9-20-16(22)13(15(21)19-17(20)23)10-12-7-3-4-8-14(12)18/h3-4,7-8,10-11H,5-6,9H2,1-2H3,(H,19,21,23)/b13-10-. The van der Waals surface area contributed by atoms with Crippen LogP contribution in [0.4, 0.5) is 4.79 Å². The van der Waals surface area contributed by atoms with Crippen molar-refractivity contribution >= 4 is 35.5 Å². The van der Waals surface area contributed by atoms with Crippen molar-refractivity contribution in [2.24, 2.45) is 5.92 Å². The van der Waals surface area contributed by atoms with E-state index in [4.69, 9.17) is 11.6 Å². The van der Waals surface area contributed by atoms with Crippen LogP contribution in [0.25, 0.3) is 6.08 Å². The number of nitrogens with zero attached hydrogens (tertiary/aromatic N) is 1. The molecule has 1 aliphatic rings. The van der Waals surface area contributed by atoms with Gasteiger partial charge in [0, 0.05) is 11.6 Å². The second kappa shape index (κ2) is 7.42. The monoisotopic (exact) mass is 334 g/mol. The Morgan fingerprint density at radius 2 is 1.91 bits per heavy atom. The van der Waals surface area contributed by atoms with Crippen molar-refractivity contribution in [3.05, 3.63) is 40.4 Å². The van der Waals surface area contributed by atoms with Gasteiger partial charge in [-0.25, -0.2) is 4.79 Å². The number of hydrogen-bond donors (Lipinski definition) is 1. The quantitative estimate of drug-likeness (QED) is 0.664. The molecule has 0 bridgehead atoms. The Morgan fingerprint density at radius 3 is 2.57 bits per heavy atom. The average molecular weight is 335 g/mol. The van der Waals surface area contributed by atoms with E-state index in [0.29, 0.717) is 22.9 Å². The minimum atomic E-state index is -0.694. The Bertz CT molecular complexity index is 668. The zero-order valence-corrected chi connectivity index (χ0v) is 13.9. The molecule has 122 valence electrons. The molecule has 1 N–H and O–H groups in total. The number of carbonyl (C=O) groups excluding carboxylic acids is 3. The third-order valence-corrected chi connectivity index (χ3v) is 3.90. The molecule has 0 unspecified atom stereocenters. The number of rotatable bonds is 5. The molecule has 0 aliphatic carbocycles. The van der Waals surface area contributed by atoms with Gasteiger partial charge in [-0.1, -0.05) is 43.6 Å². The maximum Gasteiger partial charge on any atom is 0.331 e. The predicted octanol–water partition coefficient (Wildman–Crippen LogP) is 3.24. The van der Waals surface area contributed by atoms with Crippen LogP contribution >= 0.6 is 11.6 Å². The summed E-state index contributed by atoms with van der Waals surface area (Å²) in [5.41, 5.74) is 0.478. The smallest absolute Gasteiger partial charge is 0.273 e. The summed E-state index contributed by atoms with van der Waals surface area (Å²) in [6.45, 7) is 4.44. The third-order valence-electron chi connectivity index (χ3n) is 3.55. The molecule has 1 aromatic rings. The van der Waals surface area contributed by atoms with Gasteiger partial charge in [0.1, 0.15) is 5.57 Å². The number of imide groups is 2. The van der Waals surface area contributed by atoms with E-state index in [2.05, 4.69) is 19.2 Å². The summed E-state index contributed by atoms with van der Waals surface area (Å²) in [6, 6.07) is 6.23. The van der Waals surface area contributed by atoms with E-state index in [1.54, 1.807) is 24.3 Å². The molecule has 6 heteroatoms. The summed E-state index contributed by atoms with van der Waals surface area (Å²) in [5, 5.41) is 2.64. The molecule has 2 rings (SSSR count). The molecule has 1 aromatic carbocycles. The summed E-state index contributed by atoms with van der Waals surface area (Å²) in [7, 11) is 0. The van der Waals surface area contributed by atoms with Gasteiger partial charge in [-0.15, -0.1) is 0 Å². The molecule has 1 saturated heterocycles. The fraction of sp³-hybridized carbons (Fsp3) is 0.353. The zero-order valence-electron chi connectivity index (χ0n) is 13.1. The lowest BCUT2D eigenvalue weighted by Crippen LogP contribution is -2.54. The fourth-order valence-electron chi connectivity index (χ4n) is 2.30. The molecule has 5 nitrogen and oxygen atoms in total. The van der Waals surface area contributed by atoms with Crippen molar-refractivity contribution in [3.8, 4) is 0 Å². The van der Waals surface area contributed by atoms with Crippen LogP contribution < -0.4 is 5.32 Å². The highest BCUT2D eigenvalue weighted by atomic mass is 35.5. The Hall–Kier alpha value is -2.14. The number of barbiturate groups is 1. The second-order valence-corrected chi connectivity index (χ2v) is 6.24. The normalized spacial score (nSPS) is 17.1. The molecule has 0 spiro atoms. The van der Waals surface area contributed by atoms with Gasteiger partial charge in [0.15, 0.2) is 0 Å². The molecule has 1 aliphatic heterocycles. The summed E-state index contributed by atoms with van der Waals surface area (Å²) >= 11 is 6.05. The SMILES string of the molecule is CC(C)CCCN1C(=O)NC(=O)/C(=C/c2ccccc2Cl)C1=O. The molecule has 4 amide bonds. The van der Waals surface area contributed by atoms with Gasteiger partial charge >= 0.3 is 6.03 Å². The number of urea groups is 1. The number of halogens is 1. The van der Waals surface area contributed by atoms with E-state index in [-0.39, 0.29) is 12.1 Å². The van der Waals surface area contributed by atoms with Crippen molar-refractivity contribution < 1.29 is 14.4 Å². The maximum absolute atomic E-state index is 12.5. The zero-order chi connectivity index (χ0) is 17.0. The van der Waals surface area contributed by atoms with E-state index in [0.717, 1.165) is 11.3 Å². The van der Waals surface area contributed by atoms with Crippen molar-refractivity contribution in [2.45, 2.75) is 26.7 Å². The molecular weight excluding hydrogens is 316 g/mol. The summed E-state index contributed by atoms with van der Waals surface area (Å²) < 4.78 is 0. The first-order chi connectivity index (χ1) is 10.9. The van der Waals surface area contributed by atoms with Gasteiger partial charge in [-0.05, 0) is 36.5 Å². The highest BCUT2D eigenvalue weighted by molar-refractivity contribution is 6.34. The largest absolute Gasteiger partial charge is 0.331 e. The van der Waals surface area contributed by atoms with Crippen LogP contribution in [-0.2, 0) is 9.59 Å². The molecule has 1 heterocycles. The summed E-state index contributed by atoms with van der Waals surface area (Å²) in [6.07, 6.45) is 3.01. The molecule has 1 fully saturated rings. The van der Waals surface area contributed by atoms with Crippen molar-refractivity contribution in [1.82, 2.24) is 10.2 Å². The summed E-state index contributed by atoms with van der Waals surface area (Å²) in [4.78, 5) is 37.4. The van der Waals surface area contributed by atoms with E-state index in [9.17, 15) is 14.4 Å².